The molecule has 116 valence electrons. The van der Waals surface area contributed by atoms with Gasteiger partial charge in [-0.15, -0.1) is 0 Å². The van der Waals surface area contributed by atoms with E-state index in [1.165, 1.54) is 30.4 Å². The van der Waals surface area contributed by atoms with Crippen molar-refractivity contribution in [1.82, 2.24) is 5.32 Å². The molecule has 0 bridgehead atoms. The van der Waals surface area contributed by atoms with Gasteiger partial charge in [-0.1, -0.05) is 41.4 Å². The van der Waals surface area contributed by atoms with Gasteiger partial charge in [-0.25, -0.2) is 4.39 Å². The first-order chi connectivity index (χ1) is 11.0. The van der Waals surface area contributed by atoms with Crippen LogP contribution >= 0.6 is 23.2 Å². The van der Waals surface area contributed by atoms with Crippen molar-refractivity contribution in [3.05, 3.63) is 75.5 Å². The van der Waals surface area contributed by atoms with Crippen LogP contribution in [0.5, 0.6) is 0 Å². The average Bonchev–Trinajstić information content (AvgIpc) is 2.54. The quantitative estimate of drug-likeness (QED) is 0.825. The van der Waals surface area contributed by atoms with Gasteiger partial charge in [-0.3, -0.25) is 4.79 Å². The second-order valence-electron chi connectivity index (χ2n) is 4.59. The van der Waals surface area contributed by atoms with Crippen molar-refractivity contribution in [3.8, 4) is 6.07 Å². The average molecular weight is 349 g/mol. The standard InChI is InChI=1S/C17H11Cl2FN2O/c18-12-6-7-14(19)11(9-12)5-8-17(23)22-16(10-21)13-3-1-2-4-15(13)20/h1-9,16H,(H,22,23)/b8-5+. The molecule has 2 aromatic carbocycles. The summed E-state index contributed by atoms with van der Waals surface area (Å²) < 4.78 is 13.7. The molecule has 0 saturated heterocycles. The lowest BCUT2D eigenvalue weighted by Gasteiger charge is -2.11. The lowest BCUT2D eigenvalue weighted by Crippen LogP contribution is -2.26. The van der Waals surface area contributed by atoms with E-state index in [-0.39, 0.29) is 5.56 Å². The molecule has 0 aromatic heterocycles. The Balaban J connectivity index is 2.12. The number of amides is 1. The molecular formula is C17H11Cl2FN2O. The first-order valence-corrected chi connectivity index (χ1v) is 7.34. The van der Waals surface area contributed by atoms with Crippen LogP contribution < -0.4 is 5.32 Å². The molecule has 0 saturated carbocycles. The maximum atomic E-state index is 13.7. The summed E-state index contributed by atoms with van der Waals surface area (Å²) in [4.78, 5) is 11.9. The first kappa shape index (κ1) is 17.0. The number of carbonyl (C=O) groups is 1. The van der Waals surface area contributed by atoms with Gasteiger partial charge in [0.25, 0.3) is 0 Å². The summed E-state index contributed by atoms with van der Waals surface area (Å²) in [5, 5.41) is 12.5. The Hall–Kier alpha value is -2.35. The minimum atomic E-state index is -1.08. The Labute approximate surface area is 142 Å². The van der Waals surface area contributed by atoms with E-state index in [4.69, 9.17) is 28.5 Å². The molecule has 23 heavy (non-hydrogen) atoms. The Morgan fingerprint density at radius 3 is 2.70 bits per heavy atom. The highest BCUT2D eigenvalue weighted by molar-refractivity contribution is 6.34. The van der Waals surface area contributed by atoms with Gasteiger partial charge in [0.05, 0.1) is 6.07 Å². The van der Waals surface area contributed by atoms with E-state index >= 15 is 0 Å². The molecule has 1 amide bonds. The molecule has 1 atom stereocenters. The van der Waals surface area contributed by atoms with Crippen LogP contribution in [-0.4, -0.2) is 5.91 Å². The van der Waals surface area contributed by atoms with Gasteiger partial charge >= 0.3 is 0 Å². The normalized spacial score (nSPS) is 11.9. The smallest absolute Gasteiger partial charge is 0.245 e. The van der Waals surface area contributed by atoms with Gasteiger partial charge in [-0.05, 0) is 35.9 Å². The van der Waals surface area contributed by atoms with Crippen LogP contribution in [0.15, 0.2) is 48.5 Å². The van der Waals surface area contributed by atoms with Crippen LogP contribution in [0.25, 0.3) is 6.08 Å². The number of nitrogens with zero attached hydrogens (tertiary/aromatic N) is 1. The number of hydrogen-bond donors (Lipinski definition) is 1. The van der Waals surface area contributed by atoms with E-state index in [9.17, 15) is 9.18 Å². The summed E-state index contributed by atoms with van der Waals surface area (Å²) in [7, 11) is 0. The first-order valence-electron chi connectivity index (χ1n) is 6.59. The van der Waals surface area contributed by atoms with E-state index in [1.807, 2.05) is 6.07 Å². The third-order valence-corrected chi connectivity index (χ3v) is 3.58. The molecule has 3 nitrogen and oxygen atoms in total. The zero-order chi connectivity index (χ0) is 16.8. The van der Waals surface area contributed by atoms with E-state index in [0.717, 1.165) is 0 Å². The molecule has 0 aliphatic heterocycles. The van der Waals surface area contributed by atoms with Crippen molar-refractivity contribution in [3.63, 3.8) is 0 Å². The Morgan fingerprint density at radius 1 is 1.26 bits per heavy atom. The second kappa shape index (κ2) is 7.77. The summed E-state index contributed by atoms with van der Waals surface area (Å²) in [6, 6.07) is 11.4. The number of halogens is 3. The molecular weight excluding hydrogens is 338 g/mol. The molecule has 0 fully saturated rings. The maximum absolute atomic E-state index is 13.7. The van der Waals surface area contributed by atoms with Crippen LogP contribution in [-0.2, 0) is 4.79 Å². The summed E-state index contributed by atoms with van der Waals surface area (Å²) in [5.41, 5.74) is 0.672. The van der Waals surface area contributed by atoms with Gasteiger partial charge in [-0.2, -0.15) is 5.26 Å². The molecule has 0 radical (unpaired) electrons. The molecule has 0 heterocycles. The summed E-state index contributed by atoms with van der Waals surface area (Å²) in [6.07, 6.45) is 2.68. The monoisotopic (exact) mass is 348 g/mol. The third kappa shape index (κ3) is 4.56. The van der Waals surface area contributed by atoms with E-state index in [2.05, 4.69) is 5.32 Å². The van der Waals surface area contributed by atoms with Crippen molar-refractivity contribution in [2.45, 2.75) is 6.04 Å². The molecule has 2 aromatic rings. The van der Waals surface area contributed by atoms with Gasteiger partial charge in [0.1, 0.15) is 11.9 Å². The molecule has 1 unspecified atom stereocenters. The van der Waals surface area contributed by atoms with Gasteiger partial charge in [0, 0.05) is 21.7 Å². The third-order valence-electron chi connectivity index (χ3n) is 3.00. The van der Waals surface area contributed by atoms with E-state index in [0.29, 0.717) is 15.6 Å². The van der Waals surface area contributed by atoms with E-state index in [1.54, 1.807) is 24.3 Å². The highest BCUT2D eigenvalue weighted by atomic mass is 35.5. The number of nitrogens with one attached hydrogen (secondary N) is 1. The summed E-state index contributed by atoms with van der Waals surface area (Å²) >= 11 is 11.8. The van der Waals surface area contributed by atoms with Crippen molar-refractivity contribution in [2.75, 3.05) is 0 Å². The van der Waals surface area contributed by atoms with Crippen molar-refractivity contribution in [1.29, 1.82) is 5.26 Å². The van der Waals surface area contributed by atoms with Crippen molar-refractivity contribution in [2.24, 2.45) is 0 Å². The summed E-state index contributed by atoms with van der Waals surface area (Å²) in [6.45, 7) is 0. The Morgan fingerprint density at radius 2 is 2.00 bits per heavy atom. The fourth-order valence-corrected chi connectivity index (χ4v) is 2.25. The number of benzene rings is 2. The fourth-order valence-electron chi connectivity index (χ4n) is 1.89. The van der Waals surface area contributed by atoms with E-state index < -0.39 is 17.8 Å². The topological polar surface area (TPSA) is 52.9 Å². The molecule has 1 N–H and O–H groups in total. The lowest BCUT2D eigenvalue weighted by atomic mass is 10.1. The van der Waals surface area contributed by atoms with Gasteiger partial charge < -0.3 is 5.32 Å². The largest absolute Gasteiger partial charge is 0.333 e. The lowest BCUT2D eigenvalue weighted by molar-refractivity contribution is -0.116. The van der Waals surface area contributed by atoms with Gasteiger partial charge in [0.2, 0.25) is 5.91 Å². The molecule has 6 heteroatoms. The van der Waals surface area contributed by atoms with Crippen LogP contribution in [0.3, 0.4) is 0 Å². The minimum Gasteiger partial charge on any atom is -0.333 e. The second-order valence-corrected chi connectivity index (χ2v) is 5.44. The maximum Gasteiger partial charge on any atom is 0.245 e. The zero-order valence-electron chi connectivity index (χ0n) is 11.8. The Kier molecular flexibility index (Phi) is 5.75. The molecule has 0 spiro atoms. The molecule has 0 aliphatic carbocycles. The van der Waals surface area contributed by atoms with Crippen LogP contribution in [0, 0.1) is 17.1 Å². The molecule has 2 rings (SSSR count). The Bertz CT molecular complexity index is 799. The number of carbonyl (C=O) groups excluding carboxylic acids is 1. The number of rotatable bonds is 4. The zero-order valence-corrected chi connectivity index (χ0v) is 13.3. The predicted octanol–water partition coefficient (Wildman–Crippen LogP) is 4.53. The SMILES string of the molecule is N#CC(NC(=O)/C=C/c1cc(Cl)ccc1Cl)c1ccccc1F. The highest BCUT2D eigenvalue weighted by Gasteiger charge is 2.16. The van der Waals surface area contributed by atoms with Crippen LogP contribution in [0.4, 0.5) is 4.39 Å². The minimum absolute atomic E-state index is 0.109. The van der Waals surface area contributed by atoms with Crippen LogP contribution in [0.1, 0.15) is 17.2 Å². The highest BCUT2D eigenvalue weighted by Crippen LogP contribution is 2.22. The summed E-state index contributed by atoms with van der Waals surface area (Å²) in [5.74, 6) is -1.10. The predicted molar refractivity (Wildman–Crippen MR) is 88.4 cm³/mol. The van der Waals surface area contributed by atoms with Crippen molar-refractivity contribution < 1.29 is 9.18 Å². The fraction of sp³-hybridized carbons (Fsp3) is 0.0588. The van der Waals surface area contributed by atoms with Crippen molar-refractivity contribution >= 4 is 35.2 Å². The number of nitriles is 1. The van der Waals surface area contributed by atoms with Crippen LogP contribution in [0.2, 0.25) is 10.0 Å². The van der Waals surface area contributed by atoms with Gasteiger partial charge in [0.15, 0.2) is 0 Å². The number of hydrogen-bond acceptors (Lipinski definition) is 2. The molecule has 0 aliphatic rings.